The Balaban J connectivity index is 1.66. The Morgan fingerprint density at radius 1 is 0.783 bits per heavy atom. The summed E-state index contributed by atoms with van der Waals surface area (Å²) in [5.41, 5.74) is 0. The average molecular weight is 569 g/mol. The molecule has 128 valence electrons. The average Bonchev–Trinajstić information content (AvgIpc) is 3.20. The maximum Gasteiger partial charge on any atom is 0.0858 e. The second kappa shape index (κ2) is 9.62. The van der Waals surface area contributed by atoms with Crippen molar-refractivity contribution in [1.29, 1.82) is 0 Å². The largest absolute Gasteiger partial charge is 0.119 e. The lowest BCUT2D eigenvalue weighted by atomic mass is 10.6. The van der Waals surface area contributed by atoms with Crippen LogP contribution < -0.4 is 0 Å². The molecule has 3 heterocycles. The first-order valence-electron chi connectivity index (χ1n) is 7.28. The van der Waals surface area contributed by atoms with Crippen LogP contribution in [0.1, 0.15) is 26.7 Å². The van der Waals surface area contributed by atoms with Crippen LogP contribution in [0.3, 0.4) is 0 Å². The summed E-state index contributed by atoms with van der Waals surface area (Å²) in [7, 11) is 0. The normalized spacial score (nSPS) is 19.1. The molecule has 0 saturated carbocycles. The van der Waals surface area contributed by atoms with Gasteiger partial charge in [0.25, 0.3) is 0 Å². The molecule has 1 aromatic rings. The van der Waals surface area contributed by atoms with Crippen molar-refractivity contribution in [1.82, 2.24) is 0 Å². The Morgan fingerprint density at radius 2 is 1.22 bits per heavy atom. The summed E-state index contributed by atoms with van der Waals surface area (Å²) in [4.78, 5) is 2.88. The number of hydrogen-bond acceptors (Lipinski definition) is 7. The van der Waals surface area contributed by atoms with Gasteiger partial charge in [0.2, 0.25) is 0 Å². The maximum absolute atomic E-state index is 3.72. The summed E-state index contributed by atoms with van der Waals surface area (Å²) in [5, 5.41) is 0. The molecule has 0 amide bonds. The third-order valence-electron chi connectivity index (χ3n) is 2.92. The molecule has 2 aliphatic rings. The van der Waals surface area contributed by atoms with Crippen LogP contribution in [0.5, 0.6) is 0 Å². The molecular formula is C14H16Br2S7. The maximum atomic E-state index is 3.72. The minimum Gasteiger partial charge on any atom is -0.119 e. The predicted molar refractivity (Wildman–Crippen MR) is 127 cm³/mol. The lowest BCUT2D eigenvalue weighted by Crippen LogP contribution is -2.07. The van der Waals surface area contributed by atoms with E-state index in [-0.39, 0.29) is 0 Å². The number of halogens is 2. The SMILES string of the molecule is CCCSC1=C(SCCC)SC(C2Sc3c(Br)sc(Br)c3S2)S1. The van der Waals surface area contributed by atoms with Crippen LogP contribution in [-0.4, -0.2) is 20.7 Å². The predicted octanol–water partition coefficient (Wildman–Crippen LogP) is 9.02. The molecular weight excluding hydrogens is 552 g/mol. The first-order chi connectivity index (χ1) is 11.1. The molecule has 0 nitrogen and oxygen atoms in total. The third-order valence-corrected chi connectivity index (χ3v) is 16.3. The van der Waals surface area contributed by atoms with Crippen LogP contribution >= 0.6 is 114 Å². The molecule has 0 bridgehead atoms. The van der Waals surface area contributed by atoms with Gasteiger partial charge in [0, 0.05) is 9.79 Å². The van der Waals surface area contributed by atoms with Crippen molar-refractivity contribution in [3.05, 3.63) is 16.0 Å². The van der Waals surface area contributed by atoms with Crippen LogP contribution in [0.15, 0.2) is 25.8 Å². The number of thiophene rings is 1. The van der Waals surface area contributed by atoms with E-state index in [2.05, 4.69) is 92.8 Å². The van der Waals surface area contributed by atoms with Crippen LogP contribution in [0.25, 0.3) is 0 Å². The van der Waals surface area contributed by atoms with E-state index in [1.807, 2.05) is 23.5 Å². The first-order valence-corrected chi connectivity index (χ1v) is 15.2. The van der Waals surface area contributed by atoms with Gasteiger partial charge < -0.3 is 0 Å². The highest BCUT2D eigenvalue weighted by Gasteiger charge is 2.39. The monoisotopic (exact) mass is 566 g/mol. The fourth-order valence-electron chi connectivity index (χ4n) is 1.93. The number of hydrogen-bond donors (Lipinski definition) is 0. The van der Waals surface area contributed by atoms with Gasteiger partial charge >= 0.3 is 0 Å². The zero-order chi connectivity index (χ0) is 16.4. The second-order valence-electron chi connectivity index (χ2n) is 4.79. The molecule has 0 N–H and O–H groups in total. The standard InChI is InChI=1S/C14H16Br2S7/c1-3-5-17-11-12(18-6-4-2)23-14(22-11)13-19-7-8(20-13)10(16)21-9(7)15/h13-14H,3-6H2,1-2H3. The number of fused-ring (bicyclic) bond motifs is 1. The minimum absolute atomic E-state index is 0.605. The second-order valence-corrected chi connectivity index (χ2v) is 16.4. The Labute approximate surface area is 184 Å². The molecule has 0 aliphatic carbocycles. The third kappa shape index (κ3) is 4.86. The summed E-state index contributed by atoms with van der Waals surface area (Å²) in [6.45, 7) is 4.54. The lowest BCUT2D eigenvalue weighted by Gasteiger charge is -2.15. The summed E-state index contributed by atoms with van der Waals surface area (Å²) in [6.07, 6.45) is 2.50. The van der Waals surface area contributed by atoms with Crippen LogP contribution in [-0.2, 0) is 0 Å². The topological polar surface area (TPSA) is 0 Å². The van der Waals surface area contributed by atoms with Crippen molar-refractivity contribution in [2.45, 2.75) is 45.6 Å². The van der Waals surface area contributed by atoms with Crippen molar-refractivity contribution in [3.8, 4) is 0 Å². The Hall–Kier alpha value is 2.50. The molecule has 2 aliphatic heterocycles. The molecule has 3 rings (SSSR count). The Bertz CT molecular complexity index is 552. The van der Waals surface area contributed by atoms with Crippen LogP contribution in [0.2, 0.25) is 0 Å². The van der Waals surface area contributed by atoms with Gasteiger partial charge in [-0.2, -0.15) is 0 Å². The van der Waals surface area contributed by atoms with Crippen LogP contribution in [0, 0.1) is 0 Å². The highest BCUT2D eigenvalue weighted by atomic mass is 79.9. The van der Waals surface area contributed by atoms with Gasteiger partial charge in [0.15, 0.2) is 0 Å². The molecule has 9 heteroatoms. The molecule has 0 atom stereocenters. The van der Waals surface area contributed by atoms with E-state index in [0.29, 0.717) is 9.16 Å². The quantitative estimate of drug-likeness (QED) is 0.320. The molecule has 0 unspecified atom stereocenters. The van der Waals surface area contributed by atoms with E-state index in [1.165, 1.54) is 41.7 Å². The van der Waals surface area contributed by atoms with E-state index in [9.17, 15) is 0 Å². The summed E-state index contributed by atoms with van der Waals surface area (Å²) in [5.74, 6) is 2.47. The van der Waals surface area contributed by atoms with Crippen molar-refractivity contribution in [3.63, 3.8) is 0 Å². The van der Waals surface area contributed by atoms with Gasteiger partial charge in [-0.25, -0.2) is 0 Å². The molecule has 0 spiro atoms. The number of thioether (sulfide) groups is 6. The van der Waals surface area contributed by atoms with Crippen molar-refractivity contribution in [2.24, 2.45) is 0 Å². The van der Waals surface area contributed by atoms with Gasteiger partial charge in [-0.05, 0) is 56.2 Å². The van der Waals surface area contributed by atoms with Crippen LogP contribution in [0.4, 0.5) is 0 Å². The first kappa shape index (κ1) is 20.2. The fourth-order valence-corrected chi connectivity index (χ4v) is 15.6. The summed E-state index contributed by atoms with van der Waals surface area (Å²) in [6, 6.07) is 0. The minimum atomic E-state index is 0.605. The van der Waals surface area contributed by atoms with E-state index in [4.69, 9.17) is 0 Å². The fraction of sp³-hybridized carbons (Fsp3) is 0.571. The van der Waals surface area contributed by atoms with Gasteiger partial charge in [-0.15, -0.1) is 81.9 Å². The summed E-state index contributed by atoms with van der Waals surface area (Å²) >= 11 is 21.7. The van der Waals surface area contributed by atoms with Gasteiger partial charge in [0.1, 0.15) is 0 Å². The van der Waals surface area contributed by atoms with E-state index in [0.717, 1.165) is 0 Å². The van der Waals surface area contributed by atoms with Gasteiger partial charge in [-0.1, -0.05) is 13.8 Å². The smallest absolute Gasteiger partial charge is 0.0858 e. The van der Waals surface area contributed by atoms with Crippen molar-refractivity contribution >= 4 is 114 Å². The molecule has 0 fully saturated rings. The molecule has 0 aromatic carbocycles. The van der Waals surface area contributed by atoms with Crippen molar-refractivity contribution in [2.75, 3.05) is 11.5 Å². The molecule has 23 heavy (non-hydrogen) atoms. The molecule has 0 saturated heterocycles. The lowest BCUT2D eigenvalue weighted by molar-refractivity contribution is 1.11. The summed E-state index contributed by atoms with van der Waals surface area (Å²) < 4.78 is 6.94. The van der Waals surface area contributed by atoms with Crippen molar-refractivity contribution < 1.29 is 0 Å². The Kier molecular flexibility index (Phi) is 8.47. The zero-order valence-electron chi connectivity index (χ0n) is 12.6. The van der Waals surface area contributed by atoms with Gasteiger partial charge in [-0.3, -0.25) is 0 Å². The highest BCUT2D eigenvalue weighted by Crippen LogP contribution is 2.65. The van der Waals surface area contributed by atoms with E-state index >= 15 is 0 Å². The highest BCUT2D eigenvalue weighted by molar-refractivity contribution is 9.12. The molecule has 0 radical (unpaired) electrons. The Morgan fingerprint density at radius 3 is 1.65 bits per heavy atom. The zero-order valence-corrected chi connectivity index (χ0v) is 21.5. The number of rotatable bonds is 7. The molecule has 1 aromatic heterocycles. The van der Waals surface area contributed by atoms with E-state index < -0.39 is 0 Å². The van der Waals surface area contributed by atoms with Gasteiger partial charge in [0.05, 0.1) is 25.2 Å². The van der Waals surface area contributed by atoms with E-state index in [1.54, 1.807) is 19.8 Å².